The van der Waals surface area contributed by atoms with Crippen LogP contribution in [0.15, 0.2) is 103 Å². The first-order chi connectivity index (χ1) is 18.5. The minimum absolute atomic E-state index is 0.115. The highest BCUT2D eigenvalue weighted by Crippen LogP contribution is 2.27. The number of aliphatic carboxylic acids is 1. The van der Waals surface area contributed by atoms with Gasteiger partial charge in [-0.25, -0.2) is 9.78 Å². The Balaban J connectivity index is 1.25. The van der Waals surface area contributed by atoms with Gasteiger partial charge in [0.15, 0.2) is 0 Å². The number of carboxylic acids is 1. The molecule has 2 aromatic heterocycles. The predicted octanol–water partition coefficient (Wildman–Crippen LogP) is 5.66. The quantitative estimate of drug-likeness (QED) is 0.259. The van der Waals surface area contributed by atoms with Gasteiger partial charge in [0.25, 0.3) is 5.91 Å². The van der Waals surface area contributed by atoms with Gasteiger partial charge in [0.05, 0.1) is 0 Å². The lowest BCUT2D eigenvalue weighted by Crippen LogP contribution is -2.42. The van der Waals surface area contributed by atoms with Gasteiger partial charge in [0.2, 0.25) is 0 Å². The monoisotopic (exact) mass is 525 g/mol. The SMILES string of the molecule is O=C(NC(Cc1ccc(OCc2ccccc2)cc1)C(=O)O)c1cn2cc(-c3ccccc3Cl)ccc2n1. The summed E-state index contributed by atoms with van der Waals surface area (Å²) in [5, 5.41) is 13.0. The Morgan fingerprint density at radius 2 is 1.63 bits per heavy atom. The van der Waals surface area contributed by atoms with E-state index in [4.69, 9.17) is 16.3 Å². The highest BCUT2D eigenvalue weighted by molar-refractivity contribution is 6.33. The number of ether oxygens (including phenoxy) is 1. The van der Waals surface area contributed by atoms with Gasteiger partial charge < -0.3 is 19.6 Å². The van der Waals surface area contributed by atoms with Crippen molar-refractivity contribution < 1.29 is 19.4 Å². The van der Waals surface area contributed by atoms with E-state index in [1.54, 1.807) is 40.9 Å². The maximum absolute atomic E-state index is 12.9. The number of hydrogen-bond acceptors (Lipinski definition) is 4. The van der Waals surface area contributed by atoms with E-state index in [1.165, 1.54) is 0 Å². The molecule has 0 spiro atoms. The van der Waals surface area contributed by atoms with Crippen molar-refractivity contribution in [3.63, 3.8) is 0 Å². The number of nitrogens with zero attached hydrogens (tertiary/aromatic N) is 2. The summed E-state index contributed by atoms with van der Waals surface area (Å²) in [6, 6.07) is 27.0. The van der Waals surface area contributed by atoms with Crippen LogP contribution in [0.2, 0.25) is 5.02 Å². The molecule has 8 heteroatoms. The number of amides is 1. The number of aromatic nitrogens is 2. The van der Waals surface area contributed by atoms with Crippen LogP contribution in [0.1, 0.15) is 21.6 Å². The number of rotatable bonds is 9. The van der Waals surface area contributed by atoms with Crippen LogP contribution in [0.5, 0.6) is 5.75 Å². The summed E-state index contributed by atoms with van der Waals surface area (Å²) in [6.07, 6.45) is 3.52. The number of nitrogens with one attached hydrogen (secondary N) is 1. The Kier molecular flexibility index (Phi) is 7.38. The molecule has 2 heterocycles. The Bertz CT molecular complexity index is 1580. The maximum atomic E-state index is 12.9. The van der Waals surface area contributed by atoms with Crippen LogP contribution >= 0.6 is 11.6 Å². The fourth-order valence-corrected chi connectivity index (χ4v) is 4.33. The van der Waals surface area contributed by atoms with Crippen LogP contribution in [0.4, 0.5) is 0 Å². The lowest BCUT2D eigenvalue weighted by molar-refractivity contribution is -0.139. The minimum Gasteiger partial charge on any atom is -0.489 e. The number of fused-ring (bicyclic) bond motifs is 1. The van der Waals surface area contributed by atoms with Crippen LogP contribution in [-0.2, 0) is 17.8 Å². The van der Waals surface area contributed by atoms with Crippen LogP contribution < -0.4 is 10.1 Å². The summed E-state index contributed by atoms with van der Waals surface area (Å²) >= 11 is 6.32. The highest BCUT2D eigenvalue weighted by Gasteiger charge is 2.23. The van der Waals surface area contributed by atoms with E-state index < -0.39 is 17.9 Å². The molecule has 7 nitrogen and oxygen atoms in total. The number of carbonyl (C=O) groups excluding carboxylic acids is 1. The normalized spacial score (nSPS) is 11.7. The summed E-state index contributed by atoms with van der Waals surface area (Å²) < 4.78 is 7.51. The standard InChI is InChI=1S/C30H24ClN3O4/c31-25-9-5-4-8-24(25)22-12-15-28-32-27(18-34(28)17-22)29(35)33-26(30(36)37)16-20-10-13-23(14-11-20)38-19-21-6-2-1-3-7-21/h1-15,17-18,26H,16,19H2,(H,33,35)(H,36,37). The van der Waals surface area contributed by atoms with Gasteiger partial charge in [0, 0.05) is 29.4 Å². The van der Waals surface area contributed by atoms with Crippen molar-refractivity contribution in [3.05, 3.63) is 125 Å². The molecule has 1 amide bonds. The molecule has 0 aliphatic carbocycles. The second kappa shape index (κ2) is 11.2. The molecule has 38 heavy (non-hydrogen) atoms. The molecule has 0 saturated heterocycles. The van der Waals surface area contributed by atoms with E-state index >= 15 is 0 Å². The molecule has 190 valence electrons. The van der Waals surface area contributed by atoms with Gasteiger partial charge in [-0.2, -0.15) is 0 Å². The first kappa shape index (κ1) is 25.0. The lowest BCUT2D eigenvalue weighted by atomic mass is 10.1. The number of pyridine rings is 1. The summed E-state index contributed by atoms with van der Waals surface area (Å²) in [6.45, 7) is 0.437. The molecule has 3 aromatic carbocycles. The third-order valence-electron chi connectivity index (χ3n) is 6.08. The van der Waals surface area contributed by atoms with E-state index in [0.29, 0.717) is 23.0 Å². The van der Waals surface area contributed by atoms with Crippen molar-refractivity contribution >= 4 is 29.1 Å². The fourth-order valence-electron chi connectivity index (χ4n) is 4.09. The van der Waals surface area contributed by atoms with Gasteiger partial charge in [-0.1, -0.05) is 72.3 Å². The first-order valence-electron chi connectivity index (χ1n) is 12.0. The van der Waals surface area contributed by atoms with E-state index in [-0.39, 0.29) is 12.1 Å². The molecule has 0 bridgehead atoms. The molecular weight excluding hydrogens is 502 g/mol. The van der Waals surface area contributed by atoms with Gasteiger partial charge in [-0.05, 0) is 47.0 Å². The lowest BCUT2D eigenvalue weighted by Gasteiger charge is -2.14. The second-order valence-electron chi connectivity index (χ2n) is 8.78. The zero-order valence-electron chi connectivity index (χ0n) is 20.3. The first-order valence-corrected chi connectivity index (χ1v) is 12.4. The van der Waals surface area contributed by atoms with Gasteiger partial charge in [-0.15, -0.1) is 0 Å². The molecule has 0 aliphatic rings. The molecule has 0 saturated carbocycles. The number of benzene rings is 3. The van der Waals surface area contributed by atoms with E-state index in [1.807, 2.05) is 66.9 Å². The summed E-state index contributed by atoms with van der Waals surface area (Å²) in [7, 11) is 0. The van der Waals surface area contributed by atoms with Crippen molar-refractivity contribution in [3.8, 4) is 16.9 Å². The van der Waals surface area contributed by atoms with Gasteiger partial charge in [-0.3, -0.25) is 4.79 Å². The predicted molar refractivity (Wildman–Crippen MR) is 145 cm³/mol. The number of imidazole rings is 1. The average Bonchev–Trinajstić information content (AvgIpc) is 3.37. The van der Waals surface area contributed by atoms with Crippen LogP contribution in [0.3, 0.4) is 0 Å². The Hall–Kier alpha value is -4.62. The second-order valence-corrected chi connectivity index (χ2v) is 9.18. The Morgan fingerprint density at radius 1 is 0.895 bits per heavy atom. The third kappa shape index (κ3) is 5.85. The molecule has 5 aromatic rings. The number of carbonyl (C=O) groups is 2. The van der Waals surface area contributed by atoms with E-state index in [2.05, 4.69) is 10.3 Å². The zero-order valence-corrected chi connectivity index (χ0v) is 21.0. The Morgan fingerprint density at radius 3 is 2.37 bits per heavy atom. The van der Waals surface area contributed by atoms with Crippen LogP contribution in [0.25, 0.3) is 16.8 Å². The minimum atomic E-state index is -1.13. The number of carboxylic acid groups (broad SMARTS) is 1. The topological polar surface area (TPSA) is 92.9 Å². The summed E-state index contributed by atoms with van der Waals surface area (Å²) in [4.78, 5) is 29.2. The van der Waals surface area contributed by atoms with Gasteiger partial charge in [0.1, 0.15) is 29.7 Å². The molecule has 0 radical (unpaired) electrons. The number of halogens is 1. The molecule has 2 N–H and O–H groups in total. The summed E-state index contributed by atoms with van der Waals surface area (Å²) in [5.74, 6) is -1.02. The van der Waals surface area contributed by atoms with Crippen molar-refractivity contribution in [2.75, 3.05) is 0 Å². The molecular formula is C30H24ClN3O4. The van der Waals surface area contributed by atoms with Gasteiger partial charge >= 0.3 is 5.97 Å². The van der Waals surface area contributed by atoms with Crippen molar-refractivity contribution in [2.45, 2.75) is 19.1 Å². The number of hydrogen-bond donors (Lipinski definition) is 2. The smallest absolute Gasteiger partial charge is 0.326 e. The van der Waals surface area contributed by atoms with Crippen molar-refractivity contribution in [1.82, 2.24) is 14.7 Å². The molecule has 0 aliphatic heterocycles. The molecule has 5 rings (SSSR count). The summed E-state index contributed by atoms with van der Waals surface area (Å²) in [5.41, 5.74) is 4.22. The fraction of sp³-hybridized carbons (Fsp3) is 0.100. The maximum Gasteiger partial charge on any atom is 0.326 e. The van der Waals surface area contributed by atoms with Crippen LogP contribution in [0, 0.1) is 0 Å². The third-order valence-corrected chi connectivity index (χ3v) is 6.41. The highest BCUT2D eigenvalue weighted by atomic mass is 35.5. The van der Waals surface area contributed by atoms with Crippen molar-refractivity contribution in [2.24, 2.45) is 0 Å². The van der Waals surface area contributed by atoms with Crippen LogP contribution in [-0.4, -0.2) is 32.4 Å². The molecule has 0 fully saturated rings. The Labute approximate surface area is 224 Å². The average molecular weight is 526 g/mol. The van der Waals surface area contributed by atoms with E-state index in [9.17, 15) is 14.7 Å². The van der Waals surface area contributed by atoms with Crippen molar-refractivity contribution in [1.29, 1.82) is 0 Å². The molecule has 1 unspecified atom stereocenters. The largest absolute Gasteiger partial charge is 0.489 e. The van der Waals surface area contributed by atoms with E-state index in [0.717, 1.165) is 22.3 Å². The zero-order chi connectivity index (χ0) is 26.5. The molecule has 1 atom stereocenters.